The van der Waals surface area contributed by atoms with E-state index in [4.69, 9.17) is 11.6 Å². The van der Waals surface area contributed by atoms with Crippen LogP contribution in [0.4, 0.5) is 0 Å². The van der Waals surface area contributed by atoms with Crippen LogP contribution in [0.3, 0.4) is 0 Å². The van der Waals surface area contributed by atoms with Crippen LogP contribution in [0.15, 0.2) is 24.3 Å². The third kappa shape index (κ3) is 4.41. The molecule has 3 atom stereocenters. The number of carbonyl (C=O) groups is 2. The number of nitrogens with zero attached hydrogens (tertiary/aromatic N) is 2. The lowest BCUT2D eigenvalue weighted by Gasteiger charge is -2.36. The summed E-state index contributed by atoms with van der Waals surface area (Å²) in [4.78, 5) is 29.2. The van der Waals surface area contributed by atoms with E-state index in [1.54, 1.807) is 24.3 Å². The quantitative estimate of drug-likeness (QED) is 0.813. The molecule has 2 aliphatic heterocycles. The van der Waals surface area contributed by atoms with Crippen molar-refractivity contribution < 1.29 is 9.59 Å². The number of carbonyl (C=O) groups excluding carboxylic acids is 2. The molecule has 2 amide bonds. The SMILES string of the molecule is Cl.O=C(c1ccc(Cl)cc1)N1CCN(C(=O)C2CC3CCCCC3N2)CC1. The summed E-state index contributed by atoms with van der Waals surface area (Å²) in [6, 6.07) is 7.49. The van der Waals surface area contributed by atoms with Crippen LogP contribution in [-0.4, -0.2) is 59.9 Å². The molecule has 27 heavy (non-hydrogen) atoms. The second-order valence-electron chi connectivity index (χ2n) is 7.73. The van der Waals surface area contributed by atoms with Crippen LogP contribution in [0.1, 0.15) is 42.5 Å². The smallest absolute Gasteiger partial charge is 0.253 e. The summed E-state index contributed by atoms with van der Waals surface area (Å²) >= 11 is 5.89. The number of piperazine rings is 1. The fourth-order valence-corrected chi connectivity index (χ4v) is 4.76. The van der Waals surface area contributed by atoms with Crippen molar-refractivity contribution in [2.24, 2.45) is 5.92 Å². The molecule has 1 saturated carbocycles. The summed E-state index contributed by atoms with van der Waals surface area (Å²) in [5.41, 5.74) is 0.649. The zero-order valence-corrected chi connectivity index (χ0v) is 17.0. The van der Waals surface area contributed by atoms with Gasteiger partial charge in [-0.25, -0.2) is 0 Å². The van der Waals surface area contributed by atoms with Gasteiger partial charge in [0, 0.05) is 42.8 Å². The summed E-state index contributed by atoms with van der Waals surface area (Å²) in [5.74, 6) is 0.905. The average Bonchev–Trinajstić information content (AvgIpc) is 3.12. The predicted molar refractivity (Wildman–Crippen MR) is 108 cm³/mol. The molecule has 1 aromatic rings. The molecule has 148 valence electrons. The first-order valence-electron chi connectivity index (χ1n) is 9.71. The van der Waals surface area contributed by atoms with Crippen molar-refractivity contribution >= 4 is 35.8 Å². The molecule has 0 bridgehead atoms. The molecule has 1 aromatic carbocycles. The monoisotopic (exact) mass is 411 g/mol. The van der Waals surface area contributed by atoms with Gasteiger partial charge in [0.15, 0.2) is 0 Å². The molecule has 4 rings (SSSR count). The standard InChI is InChI=1S/C20H26ClN3O2.ClH/c21-16-7-5-14(6-8-16)19(25)23-9-11-24(12-10-23)20(26)18-13-15-3-1-2-4-17(15)22-18;/h5-8,15,17-18,22H,1-4,9-13H2;1H. The van der Waals surface area contributed by atoms with E-state index in [1.807, 2.05) is 9.80 Å². The molecule has 3 aliphatic rings. The number of amides is 2. The summed E-state index contributed by atoms with van der Waals surface area (Å²) in [5, 5.41) is 4.20. The Labute approximate surface area is 171 Å². The Morgan fingerprint density at radius 2 is 1.59 bits per heavy atom. The summed E-state index contributed by atoms with van der Waals surface area (Å²) < 4.78 is 0. The highest BCUT2D eigenvalue weighted by atomic mass is 35.5. The van der Waals surface area contributed by atoms with Crippen LogP contribution >= 0.6 is 24.0 Å². The van der Waals surface area contributed by atoms with Crippen LogP contribution in [0.25, 0.3) is 0 Å². The third-order valence-corrected chi connectivity index (χ3v) is 6.38. The Kier molecular flexibility index (Phi) is 6.66. The fraction of sp³-hybridized carbons (Fsp3) is 0.600. The molecule has 0 aromatic heterocycles. The molecule has 3 fully saturated rings. The van der Waals surface area contributed by atoms with E-state index < -0.39 is 0 Å². The molecule has 2 heterocycles. The van der Waals surface area contributed by atoms with Crippen LogP contribution in [-0.2, 0) is 4.79 Å². The van der Waals surface area contributed by atoms with E-state index >= 15 is 0 Å². The average molecular weight is 412 g/mol. The van der Waals surface area contributed by atoms with Crippen molar-refractivity contribution in [3.63, 3.8) is 0 Å². The van der Waals surface area contributed by atoms with Gasteiger partial charge in [0.1, 0.15) is 0 Å². The third-order valence-electron chi connectivity index (χ3n) is 6.13. The first-order valence-corrected chi connectivity index (χ1v) is 10.1. The number of halogens is 2. The predicted octanol–water partition coefficient (Wildman–Crippen LogP) is 2.97. The Hall–Kier alpha value is -1.30. The van der Waals surface area contributed by atoms with Gasteiger partial charge >= 0.3 is 0 Å². The highest BCUT2D eigenvalue weighted by Gasteiger charge is 2.40. The van der Waals surface area contributed by atoms with E-state index in [-0.39, 0.29) is 30.3 Å². The van der Waals surface area contributed by atoms with Crippen molar-refractivity contribution in [3.05, 3.63) is 34.9 Å². The number of nitrogens with one attached hydrogen (secondary N) is 1. The number of benzene rings is 1. The first kappa shape index (κ1) is 20.4. The van der Waals surface area contributed by atoms with Crippen LogP contribution in [0, 0.1) is 5.92 Å². The van der Waals surface area contributed by atoms with Crippen molar-refractivity contribution in [1.82, 2.24) is 15.1 Å². The van der Waals surface area contributed by atoms with Crippen molar-refractivity contribution in [3.8, 4) is 0 Å². The normalized spacial score (nSPS) is 27.7. The van der Waals surface area contributed by atoms with Crippen LogP contribution in [0.2, 0.25) is 5.02 Å². The van der Waals surface area contributed by atoms with E-state index in [9.17, 15) is 9.59 Å². The number of hydrogen-bond donors (Lipinski definition) is 1. The molecule has 2 saturated heterocycles. The molecule has 1 aliphatic carbocycles. The maximum atomic E-state index is 12.9. The van der Waals surface area contributed by atoms with Gasteiger partial charge in [-0.05, 0) is 49.4 Å². The van der Waals surface area contributed by atoms with Gasteiger partial charge in [-0.2, -0.15) is 0 Å². The molecule has 7 heteroatoms. The van der Waals surface area contributed by atoms with E-state index in [0.29, 0.717) is 48.7 Å². The van der Waals surface area contributed by atoms with Gasteiger partial charge in [0.25, 0.3) is 5.91 Å². The van der Waals surface area contributed by atoms with Gasteiger partial charge in [-0.3, -0.25) is 9.59 Å². The minimum atomic E-state index is -0.0263. The van der Waals surface area contributed by atoms with Gasteiger partial charge < -0.3 is 15.1 Å². The Morgan fingerprint density at radius 1 is 0.963 bits per heavy atom. The Bertz CT molecular complexity index is 660. The highest BCUT2D eigenvalue weighted by molar-refractivity contribution is 6.30. The van der Waals surface area contributed by atoms with E-state index in [1.165, 1.54) is 25.7 Å². The molecular formula is C20H27Cl2N3O2. The minimum absolute atomic E-state index is 0. The van der Waals surface area contributed by atoms with Gasteiger partial charge in [-0.15, -0.1) is 12.4 Å². The molecule has 0 spiro atoms. The lowest BCUT2D eigenvalue weighted by atomic mass is 9.85. The van der Waals surface area contributed by atoms with Crippen molar-refractivity contribution in [2.45, 2.75) is 44.2 Å². The maximum absolute atomic E-state index is 12.9. The molecule has 5 nitrogen and oxygen atoms in total. The van der Waals surface area contributed by atoms with E-state index in [0.717, 1.165) is 6.42 Å². The van der Waals surface area contributed by atoms with Crippen LogP contribution in [0.5, 0.6) is 0 Å². The number of rotatable bonds is 2. The van der Waals surface area contributed by atoms with Crippen molar-refractivity contribution in [1.29, 1.82) is 0 Å². The van der Waals surface area contributed by atoms with Gasteiger partial charge in [0.05, 0.1) is 6.04 Å². The maximum Gasteiger partial charge on any atom is 0.253 e. The van der Waals surface area contributed by atoms with Crippen molar-refractivity contribution in [2.75, 3.05) is 26.2 Å². The van der Waals surface area contributed by atoms with Gasteiger partial charge in [-0.1, -0.05) is 24.4 Å². The number of fused-ring (bicyclic) bond motifs is 1. The molecule has 1 N–H and O–H groups in total. The fourth-order valence-electron chi connectivity index (χ4n) is 4.64. The lowest BCUT2D eigenvalue weighted by Crippen LogP contribution is -2.54. The molecule has 3 unspecified atom stereocenters. The minimum Gasteiger partial charge on any atom is -0.338 e. The van der Waals surface area contributed by atoms with E-state index in [2.05, 4.69) is 5.32 Å². The van der Waals surface area contributed by atoms with Gasteiger partial charge in [0.2, 0.25) is 5.91 Å². The summed E-state index contributed by atoms with van der Waals surface area (Å²) in [6.45, 7) is 2.41. The highest BCUT2D eigenvalue weighted by Crippen LogP contribution is 2.33. The number of hydrogen-bond acceptors (Lipinski definition) is 3. The lowest BCUT2D eigenvalue weighted by molar-refractivity contribution is -0.134. The zero-order valence-electron chi connectivity index (χ0n) is 15.4. The second kappa shape index (κ2) is 8.80. The first-order chi connectivity index (χ1) is 12.6. The van der Waals surface area contributed by atoms with Crippen LogP contribution < -0.4 is 5.32 Å². The molecular weight excluding hydrogens is 385 g/mol. The topological polar surface area (TPSA) is 52.7 Å². The largest absolute Gasteiger partial charge is 0.338 e. The summed E-state index contributed by atoms with van der Waals surface area (Å²) in [6.07, 6.45) is 6.02. The molecule has 0 radical (unpaired) electrons. The zero-order chi connectivity index (χ0) is 18.1. The Morgan fingerprint density at radius 3 is 2.26 bits per heavy atom. The Balaban J connectivity index is 0.00000210. The summed E-state index contributed by atoms with van der Waals surface area (Å²) in [7, 11) is 0. The second-order valence-corrected chi connectivity index (χ2v) is 8.17.